The second kappa shape index (κ2) is 7.75. The van der Waals surface area contributed by atoms with Crippen LogP contribution < -0.4 is 9.47 Å². The fourth-order valence-electron chi connectivity index (χ4n) is 2.41. The molecule has 2 aromatic carbocycles. The van der Waals surface area contributed by atoms with Gasteiger partial charge < -0.3 is 9.47 Å². The van der Waals surface area contributed by atoms with Crippen molar-refractivity contribution >= 4 is 0 Å². The fraction of sp³-hybridized carbons (Fsp3) is 0.150. The summed E-state index contributed by atoms with van der Waals surface area (Å²) in [4.78, 5) is 4.21. The third-order valence-corrected chi connectivity index (χ3v) is 3.56. The largest absolute Gasteiger partial charge is 0.494 e. The van der Waals surface area contributed by atoms with Crippen LogP contribution in [0.1, 0.15) is 12.5 Å². The summed E-state index contributed by atoms with van der Waals surface area (Å²) in [6.07, 6.45) is 3.39. The Morgan fingerprint density at radius 3 is 2.60 bits per heavy atom. The number of hydrogen-bond donors (Lipinski definition) is 0. The lowest BCUT2D eigenvalue weighted by Crippen LogP contribution is -1.99. The van der Waals surface area contributed by atoms with E-state index in [9.17, 15) is 8.78 Å². The van der Waals surface area contributed by atoms with Crippen LogP contribution in [-0.2, 0) is 6.61 Å². The average Bonchev–Trinajstić information content (AvgIpc) is 2.62. The van der Waals surface area contributed by atoms with Crippen molar-refractivity contribution in [2.24, 2.45) is 0 Å². The van der Waals surface area contributed by atoms with Gasteiger partial charge in [0, 0.05) is 29.6 Å². The Morgan fingerprint density at radius 1 is 0.920 bits per heavy atom. The van der Waals surface area contributed by atoms with Crippen LogP contribution in [0.2, 0.25) is 0 Å². The monoisotopic (exact) mass is 341 g/mol. The molecule has 0 unspecified atom stereocenters. The van der Waals surface area contributed by atoms with E-state index in [4.69, 9.17) is 9.47 Å². The number of benzene rings is 2. The standard InChI is InChI=1S/C20H17F2NO2/c1-2-24-18-5-3-4-15(9-18)16-8-14(11-23-12-16)13-25-20-7-6-17(21)10-19(20)22/h3-12H,2,13H2,1H3. The summed E-state index contributed by atoms with van der Waals surface area (Å²) in [5, 5.41) is 0. The normalized spacial score (nSPS) is 10.5. The Hall–Kier alpha value is -2.95. The van der Waals surface area contributed by atoms with E-state index in [0.29, 0.717) is 6.61 Å². The van der Waals surface area contributed by atoms with Gasteiger partial charge in [0.05, 0.1) is 6.61 Å². The predicted molar refractivity (Wildman–Crippen MR) is 91.5 cm³/mol. The molecule has 25 heavy (non-hydrogen) atoms. The molecule has 3 nitrogen and oxygen atoms in total. The zero-order valence-electron chi connectivity index (χ0n) is 13.7. The molecular weight excluding hydrogens is 324 g/mol. The van der Waals surface area contributed by atoms with Crippen LogP contribution in [0.5, 0.6) is 11.5 Å². The van der Waals surface area contributed by atoms with Gasteiger partial charge in [-0.15, -0.1) is 0 Å². The first-order chi connectivity index (χ1) is 12.2. The van der Waals surface area contributed by atoms with E-state index in [1.165, 1.54) is 6.07 Å². The fourth-order valence-corrected chi connectivity index (χ4v) is 2.41. The first-order valence-corrected chi connectivity index (χ1v) is 7.90. The summed E-state index contributed by atoms with van der Waals surface area (Å²) >= 11 is 0. The van der Waals surface area contributed by atoms with Crippen LogP contribution in [0.25, 0.3) is 11.1 Å². The molecule has 0 aliphatic carbocycles. The average molecular weight is 341 g/mol. The molecule has 0 saturated heterocycles. The number of halogens is 2. The molecule has 0 spiro atoms. The van der Waals surface area contributed by atoms with Crippen molar-refractivity contribution in [3.8, 4) is 22.6 Å². The minimum absolute atomic E-state index is 0.00477. The topological polar surface area (TPSA) is 31.4 Å². The molecule has 0 aliphatic rings. The first kappa shape index (κ1) is 16.9. The molecule has 0 aliphatic heterocycles. The summed E-state index contributed by atoms with van der Waals surface area (Å²) in [6.45, 7) is 2.66. The number of nitrogens with zero attached hydrogens (tertiary/aromatic N) is 1. The molecule has 0 atom stereocenters. The van der Waals surface area contributed by atoms with Gasteiger partial charge in [0.15, 0.2) is 11.6 Å². The van der Waals surface area contributed by atoms with Gasteiger partial charge in [-0.25, -0.2) is 8.78 Å². The molecule has 3 rings (SSSR count). The summed E-state index contributed by atoms with van der Waals surface area (Å²) in [6, 6.07) is 12.8. The highest BCUT2D eigenvalue weighted by atomic mass is 19.1. The molecule has 0 saturated carbocycles. The van der Waals surface area contributed by atoms with Crippen molar-refractivity contribution in [3.05, 3.63) is 78.1 Å². The van der Waals surface area contributed by atoms with Crippen LogP contribution in [0.4, 0.5) is 8.78 Å². The summed E-state index contributed by atoms with van der Waals surface area (Å²) < 4.78 is 37.5. The summed E-state index contributed by atoms with van der Waals surface area (Å²) in [5.74, 6) is -0.573. The zero-order chi connectivity index (χ0) is 17.6. The number of rotatable bonds is 6. The first-order valence-electron chi connectivity index (χ1n) is 7.90. The second-order valence-corrected chi connectivity index (χ2v) is 5.41. The van der Waals surface area contributed by atoms with Gasteiger partial charge >= 0.3 is 0 Å². The molecule has 128 valence electrons. The smallest absolute Gasteiger partial charge is 0.167 e. The van der Waals surface area contributed by atoms with Gasteiger partial charge in [0.2, 0.25) is 0 Å². The Bertz CT molecular complexity index is 868. The quantitative estimate of drug-likeness (QED) is 0.632. The van der Waals surface area contributed by atoms with E-state index in [1.54, 1.807) is 12.4 Å². The minimum atomic E-state index is -0.728. The van der Waals surface area contributed by atoms with Crippen LogP contribution in [-0.4, -0.2) is 11.6 Å². The zero-order valence-corrected chi connectivity index (χ0v) is 13.7. The van der Waals surface area contributed by atoms with Gasteiger partial charge in [0.1, 0.15) is 18.2 Å². The Labute approximate surface area is 144 Å². The van der Waals surface area contributed by atoms with Crippen molar-refractivity contribution in [2.75, 3.05) is 6.61 Å². The number of pyridine rings is 1. The number of hydrogen-bond acceptors (Lipinski definition) is 3. The number of aromatic nitrogens is 1. The third-order valence-electron chi connectivity index (χ3n) is 3.56. The third kappa shape index (κ3) is 4.32. The van der Waals surface area contributed by atoms with Crippen molar-refractivity contribution in [3.63, 3.8) is 0 Å². The minimum Gasteiger partial charge on any atom is -0.494 e. The Kier molecular flexibility index (Phi) is 5.23. The van der Waals surface area contributed by atoms with E-state index in [-0.39, 0.29) is 12.4 Å². The Balaban J connectivity index is 1.76. The SMILES string of the molecule is CCOc1cccc(-c2cncc(COc3ccc(F)cc3F)c2)c1. The van der Waals surface area contributed by atoms with Gasteiger partial charge in [0.25, 0.3) is 0 Å². The molecule has 1 aromatic heterocycles. The maximum Gasteiger partial charge on any atom is 0.167 e. The van der Waals surface area contributed by atoms with Gasteiger partial charge in [-0.2, -0.15) is 0 Å². The molecule has 0 bridgehead atoms. The van der Waals surface area contributed by atoms with E-state index in [2.05, 4.69) is 4.98 Å². The predicted octanol–water partition coefficient (Wildman–Crippen LogP) is 5.00. The van der Waals surface area contributed by atoms with Crippen molar-refractivity contribution in [1.29, 1.82) is 0 Å². The van der Waals surface area contributed by atoms with Crippen molar-refractivity contribution < 1.29 is 18.3 Å². The molecule has 1 heterocycles. The maximum atomic E-state index is 13.6. The van der Waals surface area contributed by atoms with Crippen molar-refractivity contribution in [2.45, 2.75) is 13.5 Å². The molecule has 0 N–H and O–H groups in total. The van der Waals surface area contributed by atoms with E-state index >= 15 is 0 Å². The lowest BCUT2D eigenvalue weighted by molar-refractivity contribution is 0.289. The van der Waals surface area contributed by atoms with E-state index in [1.807, 2.05) is 37.3 Å². The van der Waals surface area contributed by atoms with Crippen LogP contribution in [0.3, 0.4) is 0 Å². The molecular formula is C20H17F2NO2. The molecule has 3 aromatic rings. The highest BCUT2D eigenvalue weighted by Gasteiger charge is 2.07. The van der Waals surface area contributed by atoms with Crippen LogP contribution >= 0.6 is 0 Å². The lowest BCUT2D eigenvalue weighted by Gasteiger charge is -2.09. The van der Waals surface area contributed by atoms with Gasteiger partial charge in [-0.05, 0) is 42.8 Å². The van der Waals surface area contributed by atoms with Gasteiger partial charge in [-0.3, -0.25) is 4.98 Å². The van der Waals surface area contributed by atoms with Crippen molar-refractivity contribution in [1.82, 2.24) is 4.98 Å². The van der Waals surface area contributed by atoms with Crippen LogP contribution in [0.15, 0.2) is 60.9 Å². The van der Waals surface area contributed by atoms with E-state index < -0.39 is 11.6 Å². The highest BCUT2D eigenvalue weighted by Crippen LogP contribution is 2.25. The lowest BCUT2D eigenvalue weighted by atomic mass is 10.1. The number of ether oxygens (including phenoxy) is 2. The van der Waals surface area contributed by atoms with Crippen LogP contribution in [0, 0.1) is 11.6 Å². The van der Waals surface area contributed by atoms with E-state index in [0.717, 1.165) is 34.6 Å². The molecule has 0 radical (unpaired) electrons. The van der Waals surface area contributed by atoms with Gasteiger partial charge in [-0.1, -0.05) is 12.1 Å². The molecule has 0 fully saturated rings. The summed E-state index contributed by atoms with van der Waals surface area (Å²) in [7, 11) is 0. The molecule has 5 heteroatoms. The second-order valence-electron chi connectivity index (χ2n) is 5.41. The highest BCUT2D eigenvalue weighted by molar-refractivity contribution is 5.64. The maximum absolute atomic E-state index is 13.6. The Morgan fingerprint density at radius 2 is 1.80 bits per heavy atom. The summed E-state index contributed by atoms with van der Waals surface area (Å²) in [5.41, 5.74) is 2.65. The molecule has 0 amide bonds.